The predicted octanol–water partition coefficient (Wildman–Crippen LogP) is 3.93. The number of amidine groups is 1. The molecule has 0 radical (unpaired) electrons. The van der Waals surface area contributed by atoms with E-state index < -0.39 is 10.1 Å². The molecule has 0 spiro atoms. The van der Waals surface area contributed by atoms with Crippen LogP contribution in [0.15, 0.2) is 82.7 Å². The number of nitrogens with zero attached hydrogens (tertiary/aromatic N) is 3. The minimum absolute atomic E-state index is 0.163. The minimum atomic E-state index is -4.27. The number of aliphatic imine (C=N–C) groups is 1. The lowest BCUT2D eigenvalue weighted by Gasteiger charge is -2.14. The van der Waals surface area contributed by atoms with Gasteiger partial charge in [0.15, 0.2) is 0 Å². The second-order valence-corrected chi connectivity index (χ2v) is 9.96. The van der Waals surface area contributed by atoms with Gasteiger partial charge < -0.3 is 4.55 Å². The van der Waals surface area contributed by atoms with Crippen LogP contribution in [-0.4, -0.2) is 53.9 Å². The molecule has 3 aromatic carbocycles. The third-order valence-electron chi connectivity index (χ3n) is 5.69. The summed E-state index contributed by atoms with van der Waals surface area (Å²) in [6, 6.07) is 22.1. The van der Waals surface area contributed by atoms with Crippen molar-refractivity contribution >= 4 is 39.0 Å². The van der Waals surface area contributed by atoms with Gasteiger partial charge in [-0.15, -0.1) is 5.01 Å². The molecule has 1 atom stereocenters. The molecular formula is C25H25ClN4O3S. The highest BCUT2D eigenvalue weighted by Gasteiger charge is 2.38. The number of hydrogen-bond donors (Lipinski definition) is 1. The Morgan fingerprint density at radius 3 is 2.38 bits per heavy atom. The highest BCUT2D eigenvalue weighted by Crippen LogP contribution is 2.31. The Hall–Kier alpha value is -3.04. The molecule has 2 aliphatic rings. The molecule has 0 amide bonds. The Morgan fingerprint density at radius 1 is 1.06 bits per heavy atom. The lowest BCUT2D eigenvalue weighted by atomic mass is 10.0. The second kappa shape index (κ2) is 9.68. The summed E-state index contributed by atoms with van der Waals surface area (Å²) in [5, 5.41) is 2.83. The molecule has 1 N–H and O–H groups in total. The van der Waals surface area contributed by atoms with E-state index in [4.69, 9.17) is 16.6 Å². The van der Waals surface area contributed by atoms with Crippen LogP contribution in [0.25, 0.3) is 0 Å². The number of nitrogens with one attached hydrogen (secondary N) is 1. The molecule has 34 heavy (non-hydrogen) atoms. The highest BCUT2D eigenvalue weighted by atomic mass is 35.5. The van der Waals surface area contributed by atoms with E-state index in [0.29, 0.717) is 6.54 Å². The van der Waals surface area contributed by atoms with Crippen LogP contribution in [0.5, 0.6) is 0 Å². The second-order valence-electron chi connectivity index (χ2n) is 8.14. The van der Waals surface area contributed by atoms with Crippen LogP contribution in [0.4, 0.5) is 5.69 Å². The number of rotatable bonds is 2. The van der Waals surface area contributed by atoms with Gasteiger partial charge in [-0.3, -0.25) is 4.99 Å². The van der Waals surface area contributed by atoms with Gasteiger partial charge in [-0.2, -0.15) is 5.43 Å². The Balaban J connectivity index is 0.000000210. The summed E-state index contributed by atoms with van der Waals surface area (Å²) in [7, 11) is -2.22. The SMILES string of the molecule is CC1=[N+]2c3ccc(Cl)cc3C(c3ccccc3)=NCC2N(C)N1.Cc1ccc(S(=O)(=O)[O-])cc1. The number of fused-ring (bicyclic) bond motifs is 3. The number of benzene rings is 3. The quantitative estimate of drug-likeness (QED) is 0.429. The van der Waals surface area contributed by atoms with Crippen molar-refractivity contribution in [2.24, 2.45) is 4.99 Å². The van der Waals surface area contributed by atoms with Gasteiger partial charge in [0, 0.05) is 30.1 Å². The fraction of sp³-hybridized carbons (Fsp3) is 0.200. The molecule has 0 fully saturated rings. The van der Waals surface area contributed by atoms with E-state index in [-0.39, 0.29) is 11.1 Å². The molecule has 1 unspecified atom stereocenters. The molecule has 0 aromatic heterocycles. The zero-order chi connectivity index (χ0) is 24.5. The van der Waals surface area contributed by atoms with Gasteiger partial charge in [0.25, 0.3) is 5.84 Å². The van der Waals surface area contributed by atoms with E-state index in [1.54, 1.807) is 12.1 Å². The van der Waals surface area contributed by atoms with Crippen molar-refractivity contribution in [3.63, 3.8) is 0 Å². The first kappa shape index (κ1) is 24.1. The van der Waals surface area contributed by atoms with Crippen LogP contribution in [0, 0.1) is 6.92 Å². The first-order chi connectivity index (χ1) is 16.1. The van der Waals surface area contributed by atoms with Crippen molar-refractivity contribution in [3.8, 4) is 0 Å². The zero-order valence-electron chi connectivity index (χ0n) is 19.1. The highest BCUT2D eigenvalue weighted by molar-refractivity contribution is 7.85. The minimum Gasteiger partial charge on any atom is -0.744 e. The van der Waals surface area contributed by atoms with E-state index in [1.165, 1.54) is 12.1 Å². The average Bonchev–Trinajstić information content (AvgIpc) is 2.97. The fourth-order valence-corrected chi connectivity index (χ4v) is 4.68. The van der Waals surface area contributed by atoms with E-state index in [0.717, 1.165) is 38.9 Å². The third-order valence-corrected chi connectivity index (χ3v) is 6.77. The molecular weight excluding hydrogens is 472 g/mol. The molecule has 9 heteroatoms. The van der Waals surface area contributed by atoms with Crippen LogP contribution < -0.4 is 5.43 Å². The standard InChI is InChI=1S/C18H17ClN4.C7H8O3S/c1-12-21-22(2)17-11-20-18(13-6-4-3-5-7-13)15-10-14(19)8-9-16(15)23(12)17;1-6-2-4-7(5-3-6)11(8,9)10/h3-10,17H,11H2,1-2H3;2-5H,1H3,(H,8,9,10). The maximum absolute atomic E-state index is 10.4. The van der Waals surface area contributed by atoms with E-state index in [2.05, 4.69) is 40.1 Å². The van der Waals surface area contributed by atoms with Gasteiger partial charge in [-0.05, 0) is 37.3 Å². The van der Waals surface area contributed by atoms with Crippen LogP contribution in [0.1, 0.15) is 23.6 Å². The Morgan fingerprint density at radius 2 is 1.74 bits per heavy atom. The van der Waals surface area contributed by atoms with Crippen LogP contribution in [0.3, 0.4) is 0 Å². The molecule has 0 saturated carbocycles. The maximum Gasteiger partial charge on any atom is 0.266 e. The number of hydrogen-bond acceptors (Lipinski definition) is 6. The molecule has 0 bridgehead atoms. The molecule has 176 valence electrons. The molecule has 3 aromatic rings. The van der Waals surface area contributed by atoms with Crippen LogP contribution in [-0.2, 0) is 10.1 Å². The van der Waals surface area contributed by atoms with Crippen molar-refractivity contribution in [1.29, 1.82) is 0 Å². The van der Waals surface area contributed by atoms with Gasteiger partial charge in [0.05, 0.1) is 17.2 Å². The van der Waals surface area contributed by atoms with Gasteiger partial charge in [0.1, 0.15) is 15.8 Å². The molecule has 7 nitrogen and oxygen atoms in total. The zero-order valence-corrected chi connectivity index (χ0v) is 20.6. The molecule has 2 aliphatic heterocycles. The van der Waals surface area contributed by atoms with Crippen molar-refractivity contribution in [2.45, 2.75) is 24.9 Å². The monoisotopic (exact) mass is 496 g/mol. The van der Waals surface area contributed by atoms with Gasteiger partial charge >= 0.3 is 0 Å². The number of likely N-dealkylation sites (N-methyl/N-ethyl adjacent to an activating group) is 1. The van der Waals surface area contributed by atoms with Gasteiger partial charge in [-0.1, -0.05) is 59.6 Å². The summed E-state index contributed by atoms with van der Waals surface area (Å²) in [6.45, 7) is 4.60. The van der Waals surface area contributed by atoms with Crippen molar-refractivity contribution in [2.75, 3.05) is 13.6 Å². The van der Waals surface area contributed by atoms with Gasteiger partial charge in [0.2, 0.25) is 6.17 Å². The van der Waals surface area contributed by atoms with E-state index in [1.807, 2.05) is 44.3 Å². The van der Waals surface area contributed by atoms with Crippen molar-refractivity contribution in [1.82, 2.24) is 10.4 Å². The van der Waals surface area contributed by atoms with Crippen LogP contribution >= 0.6 is 11.6 Å². The summed E-state index contributed by atoms with van der Waals surface area (Å²) in [6.07, 6.45) is 0.163. The van der Waals surface area contributed by atoms with E-state index in [9.17, 15) is 13.0 Å². The maximum atomic E-state index is 10.4. The predicted molar refractivity (Wildman–Crippen MR) is 133 cm³/mol. The van der Waals surface area contributed by atoms with Crippen molar-refractivity contribution in [3.05, 3.63) is 94.5 Å². The summed E-state index contributed by atoms with van der Waals surface area (Å²) in [5.74, 6) is 1.10. The first-order valence-electron chi connectivity index (χ1n) is 10.7. The Labute approximate surface area is 204 Å². The summed E-state index contributed by atoms with van der Waals surface area (Å²) < 4.78 is 33.5. The molecule has 5 rings (SSSR count). The van der Waals surface area contributed by atoms with Gasteiger partial charge in [-0.25, -0.2) is 13.0 Å². The Bertz CT molecular complexity index is 1370. The summed E-state index contributed by atoms with van der Waals surface area (Å²) in [5.41, 5.74) is 8.62. The Kier molecular flexibility index (Phi) is 6.86. The molecule has 0 aliphatic carbocycles. The first-order valence-corrected chi connectivity index (χ1v) is 12.5. The molecule has 0 saturated heterocycles. The largest absolute Gasteiger partial charge is 0.744 e. The number of aryl methyl sites for hydroxylation is 1. The lowest BCUT2D eigenvalue weighted by Crippen LogP contribution is -2.40. The topological polar surface area (TPSA) is 87.8 Å². The average molecular weight is 497 g/mol. The lowest BCUT2D eigenvalue weighted by molar-refractivity contribution is -0.495. The molecule has 2 heterocycles. The number of hydrazine groups is 1. The van der Waals surface area contributed by atoms with Crippen LogP contribution in [0.2, 0.25) is 5.02 Å². The van der Waals surface area contributed by atoms with E-state index >= 15 is 0 Å². The summed E-state index contributed by atoms with van der Waals surface area (Å²) in [4.78, 5) is 4.75. The normalized spacial score (nSPS) is 17.6. The number of halogens is 1. The summed E-state index contributed by atoms with van der Waals surface area (Å²) >= 11 is 6.28. The smallest absolute Gasteiger partial charge is 0.266 e. The fourth-order valence-electron chi connectivity index (χ4n) is 4.04. The van der Waals surface area contributed by atoms with Crippen molar-refractivity contribution < 1.29 is 17.5 Å². The third kappa shape index (κ3) is 5.05.